The van der Waals surface area contributed by atoms with E-state index in [2.05, 4.69) is 25.5 Å². The smallest absolute Gasteiger partial charge is 0.326 e. The summed E-state index contributed by atoms with van der Waals surface area (Å²) in [5, 5.41) is 20.8. The Morgan fingerprint density at radius 3 is 2.96 bits per heavy atom. The average Bonchev–Trinajstić information content (AvgIpc) is 3.40. The van der Waals surface area contributed by atoms with Gasteiger partial charge in [0.15, 0.2) is 11.4 Å². The predicted molar refractivity (Wildman–Crippen MR) is 103 cm³/mol. The molecule has 0 spiro atoms. The van der Waals surface area contributed by atoms with E-state index in [1.165, 1.54) is 0 Å². The minimum Gasteiger partial charge on any atom is -0.480 e. The largest absolute Gasteiger partial charge is 0.480 e. The predicted octanol–water partition coefficient (Wildman–Crippen LogP) is 2.55. The topological polar surface area (TPSA) is 120 Å². The standard InChI is InChI=1S/C19H18N6O3/c1-10-21-16-12-4-2-3-5-14(12)28-17(16)18(22-10)25-9-11(8-13(25)19(26)27)23-15-6-7-20-24-15/h2-7,11,13H,8-9H2,1H3,(H,26,27)(H2,20,23,24). The summed E-state index contributed by atoms with van der Waals surface area (Å²) in [4.78, 5) is 22.8. The van der Waals surface area contributed by atoms with Crippen molar-refractivity contribution in [2.24, 2.45) is 0 Å². The number of aliphatic carboxylic acids is 1. The van der Waals surface area contributed by atoms with Gasteiger partial charge in [0.2, 0.25) is 0 Å². The third kappa shape index (κ3) is 2.63. The number of nitrogens with zero attached hydrogens (tertiary/aromatic N) is 4. The van der Waals surface area contributed by atoms with Gasteiger partial charge in [0.25, 0.3) is 0 Å². The number of H-pyrrole nitrogens is 1. The molecule has 3 N–H and O–H groups in total. The molecule has 2 unspecified atom stereocenters. The molecule has 9 nitrogen and oxygen atoms in total. The Morgan fingerprint density at radius 2 is 2.18 bits per heavy atom. The first-order valence-corrected chi connectivity index (χ1v) is 9.01. The minimum absolute atomic E-state index is 0.0729. The SMILES string of the molecule is Cc1nc(N2CC(Nc3ccn[nH]3)CC2C(=O)O)c2oc3ccccc3c2n1. The van der Waals surface area contributed by atoms with Crippen LogP contribution in [0.3, 0.4) is 0 Å². The third-order valence-electron chi connectivity index (χ3n) is 5.03. The summed E-state index contributed by atoms with van der Waals surface area (Å²) >= 11 is 0. The number of furan rings is 1. The highest BCUT2D eigenvalue weighted by Gasteiger charge is 2.39. The number of nitrogens with one attached hydrogen (secondary N) is 2. The molecule has 1 saturated heterocycles. The zero-order valence-corrected chi connectivity index (χ0v) is 15.1. The summed E-state index contributed by atoms with van der Waals surface area (Å²) in [7, 11) is 0. The number of hydrogen-bond acceptors (Lipinski definition) is 7. The number of carbonyl (C=O) groups is 1. The first kappa shape index (κ1) is 16.5. The first-order chi connectivity index (χ1) is 13.6. The Labute approximate surface area is 159 Å². The fourth-order valence-electron chi connectivity index (χ4n) is 3.84. The van der Waals surface area contributed by atoms with Crippen molar-refractivity contribution in [3.8, 4) is 0 Å². The highest BCUT2D eigenvalue weighted by Crippen LogP contribution is 2.36. The fourth-order valence-corrected chi connectivity index (χ4v) is 3.84. The zero-order chi connectivity index (χ0) is 19.3. The van der Waals surface area contributed by atoms with Crippen molar-refractivity contribution >= 4 is 39.7 Å². The van der Waals surface area contributed by atoms with Gasteiger partial charge in [0.05, 0.1) is 6.20 Å². The molecule has 0 aliphatic carbocycles. The second-order valence-electron chi connectivity index (χ2n) is 6.92. The lowest BCUT2D eigenvalue weighted by molar-refractivity contribution is -0.138. The molecule has 9 heteroatoms. The molecule has 3 aromatic heterocycles. The van der Waals surface area contributed by atoms with Crippen LogP contribution in [0, 0.1) is 6.92 Å². The molecule has 1 aliphatic rings. The maximum absolute atomic E-state index is 12.0. The summed E-state index contributed by atoms with van der Waals surface area (Å²) < 4.78 is 6.02. The van der Waals surface area contributed by atoms with Gasteiger partial charge >= 0.3 is 5.97 Å². The third-order valence-corrected chi connectivity index (χ3v) is 5.03. The van der Waals surface area contributed by atoms with Crippen LogP contribution in [0.15, 0.2) is 40.9 Å². The molecular weight excluding hydrogens is 360 g/mol. The number of hydrogen-bond donors (Lipinski definition) is 3. The van der Waals surface area contributed by atoms with Crippen molar-refractivity contribution in [1.82, 2.24) is 20.2 Å². The van der Waals surface area contributed by atoms with Crippen LogP contribution in [-0.2, 0) is 4.79 Å². The molecule has 28 heavy (non-hydrogen) atoms. The van der Waals surface area contributed by atoms with Crippen molar-refractivity contribution in [3.63, 3.8) is 0 Å². The summed E-state index contributed by atoms with van der Waals surface area (Å²) in [6, 6.07) is 8.66. The number of aromatic nitrogens is 4. The Kier molecular flexibility index (Phi) is 3.68. The average molecular weight is 378 g/mol. The molecule has 4 heterocycles. The molecule has 4 aromatic rings. The van der Waals surface area contributed by atoms with Crippen LogP contribution in [0.4, 0.5) is 11.6 Å². The van der Waals surface area contributed by atoms with Crippen LogP contribution in [0.2, 0.25) is 0 Å². The summed E-state index contributed by atoms with van der Waals surface area (Å²) in [5.41, 5.74) is 1.92. The van der Waals surface area contributed by atoms with Crippen LogP contribution in [-0.4, -0.2) is 49.9 Å². The summed E-state index contributed by atoms with van der Waals surface area (Å²) in [6.45, 7) is 2.27. The van der Waals surface area contributed by atoms with E-state index >= 15 is 0 Å². The van der Waals surface area contributed by atoms with E-state index in [0.717, 1.165) is 11.2 Å². The van der Waals surface area contributed by atoms with Crippen molar-refractivity contribution < 1.29 is 14.3 Å². The second kappa shape index (κ2) is 6.22. The molecule has 0 saturated carbocycles. The molecule has 0 radical (unpaired) electrons. The van der Waals surface area contributed by atoms with E-state index in [-0.39, 0.29) is 6.04 Å². The van der Waals surface area contributed by atoms with Gasteiger partial charge in [-0.15, -0.1) is 0 Å². The lowest BCUT2D eigenvalue weighted by Gasteiger charge is -2.22. The van der Waals surface area contributed by atoms with Gasteiger partial charge < -0.3 is 19.7 Å². The normalized spacial score (nSPS) is 19.5. The minimum atomic E-state index is -0.894. The maximum Gasteiger partial charge on any atom is 0.326 e. The summed E-state index contributed by atoms with van der Waals surface area (Å²) in [5.74, 6) is 0.946. The Bertz CT molecular complexity index is 1170. The monoisotopic (exact) mass is 378 g/mol. The van der Waals surface area contributed by atoms with Crippen LogP contribution in [0.1, 0.15) is 12.2 Å². The fraction of sp³-hybridized carbons (Fsp3) is 0.263. The van der Waals surface area contributed by atoms with E-state index in [1.54, 1.807) is 18.0 Å². The zero-order valence-electron chi connectivity index (χ0n) is 15.1. The van der Waals surface area contributed by atoms with Crippen LogP contribution in [0.25, 0.3) is 22.1 Å². The lowest BCUT2D eigenvalue weighted by Crippen LogP contribution is -2.37. The quantitative estimate of drug-likeness (QED) is 0.495. The Hall–Kier alpha value is -3.62. The van der Waals surface area contributed by atoms with Crippen molar-refractivity contribution in [3.05, 3.63) is 42.4 Å². The van der Waals surface area contributed by atoms with Gasteiger partial charge in [-0.05, 0) is 25.1 Å². The van der Waals surface area contributed by atoms with Gasteiger partial charge in [-0.1, -0.05) is 12.1 Å². The van der Waals surface area contributed by atoms with E-state index in [0.29, 0.717) is 41.3 Å². The molecule has 1 fully saturated rings. The number of fused-ring (bicyclic) bond motifs is 3. The number of carboxylic acids is 1. The van der Waals surface area contributed by atoms with Crippen LogP contribution in [0.5, 0.6) is 0 Å². The van der Waals surface area contributed by atoms with Crippen molar-refractivity contribution in [2.45, 2.75) is 25.4 Å². The van der Waals surface area contributed by atoms with E-state index in [1.807, 2.05) is 30.3 Å². The molecule has 1 aliphatic heterocycles. The number of carboxylic acid groups (broad SMARTS) is 1. The van der Waals surface area contributed by atoms with E-state index in [4.69, 9.17) is 4.42 Å². The highest BCUT2D eigenvalue weighted by atomic mass is 16.4. The molecule has 142 valence electrons. The van der Waals surface area contributed by atoms with Crippen LogP contribution < -0.4 is 10.2 Å². The van der Waals surface area contributed by atoms with Gasteiger partial charge in [0, 0.05) is 24.4 Å². The highest BCUT2D eigenvalue weighted by molar-refractivity contribution is 6.06. The number of benzene rings is 1. The van der Waals surface area contributed by atoms with Gasteiger partial charge in [-0.25, -0.2) is 14.8 Å². The number of anilines is 2. The van der Waals surface area contributed by atoms with E-state index < -0.39 is 12.0 Å². The molecule has 0 amide bonds. The Morgan fingerprint density at radius 1 is 1.32 bits per heavy atom. The molecule has 0 bridgehead atoms. The van der Waals surface area contributed by atoms with Gasteiger partial charge in [-0.2, -0.15) is 5.10 Å². The number of para-hydroxylation sites is 1. The molecular formula is C19H18N6O3. The molecule has 5 rings (SSSR count). The summed E-state index contributed by atoms with van der Waals surface area (Å²) in [6.07, 6.45) is 2.08. The van der Waals surface area contributed by atoms with Crippen molar-refractivity contribution in [2.75, 3.05) is 16.8 Å². The number of rotatable bonds is 4. The first-order valence-electron chi connectivity index (χ1n) is 9.01. The van der Waals surface area contributed by atoms with Crippen molar-refractivity contribution in [1.29, 1.82) is 0 Å². The Balaban J connectivity index is 1.60. The lowest BCUT2D eigenvalue weighted by atomic mass is 10.1. The molecule has 1 aromatic carbocycles. The molecule has 2 atom stereocenters. The number of aromatic amines is 1. The van der Waals surface area contributed by atoms with Gasteiger partial charge in [0.1, 0.15) is 28.8 Å². The van der Waals surface area contributed by atoms with Gasteiger partial charge in [-0.3, -0.25) is 5.10 Å². The maximum atomic E-state index is 12.0. The van der Waals surface area contributed by atoms with Crippen LogP contribution >= 0.6 is 0 Å². The second-order valence-corrected chi connectivity index (χ2v) is 6.92. The van der Waals surface area contributed by atoms with E-state index in [9.17, 15) is 9.90 Å². The number of aryl methyl sites for hydroxylation is 1.